The Kier molecular flexibility index (Phi) is 6.92. The second-order valence-electron chi connectivity index (χ2n) is 12.3. The van der Waals surface area contributed by atoms with Crippen LogP contribution in [0.2, 0.25) is 0 Å². The van der Waals surface area contributed by atoms with Crippen molar-refractivity contribution >= 4 is 33.0 Å². The van der Waals surface area contributed by atoms with Crippen LogP contribution in [0.25, 0.3) is 101 Å². The van der Waals surface area contributed by atoms with E-state index in [-0.39, 0.29) is 0 Å². The quantitative estimate of drug-likeness (QED) is 0.170. The van der Waals surface area contributed by atoms with E-state index in [0.29, 0.717) is 40.4 Å². The van der Waals surface area contributed by atoms with Crippen LogP contribution in [-0.4, -0.2) is 34.9 Å². The Bertz CT molecular complexity index is 2900. The number of fused-ring (bicyclic) bond motifs is 3. The van der Waals surface area contributed by atoms with Crippen molar-refractivity contribution < 1.29 is 8.83 Å². The molecule has 0 unspecified atom stereocenters. The lowest BCUT2D eigenvalue weighted by atomic mass is 10.1. The van der Waals surface area contributed by atoms with Crippen LogP contribution < -0.4 is 0 Å². The van der Waals surface area contributed by atoms with E-state index in [9.17, 15) is 0 Å². The van der Waals surface area contributed by atoms with Gasteiger partial charge in [0.2, 0.25) is 11.8 Å². The molecule has 10 rings (SSSR count). The molecule has 0 spiro atoms. The number of benzene rings is 6. The summed E-state index contributed by atoms with van der Waals surface area (Å²) in [6.07, 6.45) is 5.09. The zero-order valence-corrected chi connectivity index (χ0v) is 27.4. The number of hydrogen-bond donors (Lipinski definition) is 0. The van der Waals surface area contributed by atoms with Gasteiger partial charge in [-0.2, -0.15) is 0 Å². The van der Waals surface area contributed by atoms with Crippen LogP contribution in [0.15, 0.2) is 161 Å². The first-order valence-corrected chi connectivity index (χ1v) is 16.7. The molecule has 244 valence electrons. The minimum atomic E-state index is 0.494. The lowest BCUT2D eigenvalue weighted by molar-refractivity contribution is 0.619. The molecule has 0 aliphatic heterocycles. The molecule has 0 saturated carbocycles. The fourth-order valence-electron chi connectivity index (χ4n) is 6.30. The van der Waals surface area contributed by atoms with Crippen LogP contribution in [0.5, 0.6) is 0 Å². The minimum Gasteiger partial charge on any atom is -0.436 e. The van der Waals surface area contributed by atoms with Gasteiger partial charge >= 0.3 is 0 Å². The maximum absolute atomic E-state index is 6.33. The van der Waals surface area contributed by atoms with Crippen molar-refractivity contribution in [3.63, 3.8) is 0 Å². The van der Waals surface area contributed by atoms with E-state index in [4.69, 9.17) is 33.8 Å². The van der Waals surface area contributed by atoms with Crippen LogP contribution in [0.4, 0.5) is 0 Å². The largest absolute Gasteiger partial charge is 0.436 e. The van der Waals surface area contributed by atoms with Crippen LogP contribution in [0, 0.1) is 0 Å². The molecular formula is C43H25N7O2. The molecule has 9 nitrogen and oxygen atoms in total. The lowest BCUT2D eigenvalue weighted by Gasteiger charge is -2.09. The number of hydrogen-bond acceptors (Lipinski definition) is 9. The Hall–Kier alpha value is -7.39. The highest BCUT2D eigenvalue weighted by Crippen LogP contribution is 2.33. The third kappa shape index (κ3) is 5.43. The number of nitrogens with zero attached hydrogens (tertiary/aromatic N) is 7. The minimum absolute atomic E-state index is 0.494. The molecule has 52 heavy (non-hydrogen) atoms. The average Bonchev–Trinajstić information content (AvgIpc) is 3.85. The van der Waals surface area contributed by atoms with Crippen molar-refractivity contribution in [1.82, 2.24) is 34.9 Å². The van der Waals surface area contributed by atoms with Gasteiger partial charge in [-0.05, 0) is 77.0 Å². The van der Waals surface area contributed by atoms with E-state index in [2.05, 4.69) is 34.2 Å². The van der Waals surface area contributed by atoms with Gasteiger partial charge in [-0.1, -0.05) is 72.8 Å². The van der Waals surface area contributed by atoms with E-state index < -0.39 is 0 Å². The Labute approximate surface area is 296 Å². The molecule has 6 aromatic carbocycles. The molecule has 0 bridgehead atoms. The van der Waals surface area contributed by atoms with Crippen molar-refractivity contribution in [2.45, 2.75) is 0 Å². The predicted octanol–water partition coefficient (Wildman–Crippen LogP) is 10.1. The van der Waals surface area contributed by atoms with Crippen LogP contribution in [0.3, 0.4) is 0 Å². The molecule has 0 fully saturated rings. The predicted molar refractivity (Wildman–Crippen MR) is 201 cm³/mol. The zero-order chi connectivity index (χ0) is 34.4. The van der Waals surface area contributed by atoms with Gasteiger partial charge in [0.25, 0.3) is 0 Å². The molecule has 10 aromatic rings. The molecule has 0 atom stereocenters. The summed E-state index contributed by atoms with van der Waals surface area (Å²) in [5, 5.41) is 2.28. The van der Waals surface area contributed by atoms with Crippen LogP contribution in [0.1, 0.15) is 0 Å². The summed E-state index contributed by atoms with van der Waals surface area (Å²) in [4.78, 5) is 32.7. The summed E-state index contributed by atoms with van der Waals surface area (Å²) < 4.78 is 12.5. The average molecular weight is 672 g/mol. The van der Waals surface area contributed by atoms with E-state index in [0.717, 1.165) is 60.8 Å². The fraction of sp³-hybridized carbons (Fsp3) is 0. The highest BCUT2D eigenvalue weighted by Gasteiger charge is 2.17. The molecule has 0 aliphatic carbocycles. The normalized spacial score (nSPS) is 11.5. The molecule has 9 heteroatoms. The number of rotatable bonds is 6. The third-order valence-electron chi connectivity index (χ3n) is 8.98. The van der Waals surface area contributed by atoms with Gasteiger partial charge in [0.1, 0.15) is 17.4 Å². The van der Waals surface area contributed by atoms with E-state index in [1.54, 1.807) is 12.4 Å². The van der Waals surface area contributed by atoms with Gasteiger partial charge in [0.15, 0.2) is 28.6 Å². The molecular weight excluding hydrogens is 647 g/mol. The molecule has 4 aromatic heterocycles. The van der Waals surface area contributed by atoms with Crippen molar-refractivity contribution in [2.75, 3.05) is 0 Å². The Morgan fingerprint density at radius 1 is 0.346 bits per heavy atom. The Balaban J connectivity index is 1.07. The van der Waals surface area contributed by atoms with Crippen molar-refractivity contribution in [2.24, 2.45) is 0 Å². The van der Waals surface area contributed by atoms with Gasteiger partial charge in [0.05, 0.1) is 0 Å². The fourth-order valence-corrected chi connectivity index (χ4v) is 6.30. The van der Waals surface area contributed by atoms with Gasteiger partial charge in [-0.25, -0.2) is 34.9 Å². The standard InChI is InChI=1S/C43H25N7O2/c1-2-7-29(8-3-1)42-46-35-18-16-31(21-37(35)51-42)40-48-39(28-13-10-27(11-14-28)34-23-44-25-45-24-34)49-41(50-40)32-17-19-36-38(22-32)52-43(47-36)33-15-12-26-6-4-5-9-30(26)20-33/h1-25H. The monoisotopic (exact) mass is 671 g/mol. The Morgan fingerprint density at radius 2 is 0.865 bits per heavy atom. The molecule has 0 saturated heterocycles. The smallest absolute Gasteiger partial charge is 0.227 e. The number of aromatic nitrogens is 7. The van der Waals surface area contributed by atoms with Crippen molar-refractivity contribution in [1.29, 1.82) is 0 Å². The van der Waals surface area contributed by atoms with Gasteiger partial charge < -0.3 is 8.83 Å². The Morgan fingerprint density at radius 3 is 1.52 bits per heavy atom. The zero-order valence-electron chi connectivity index (χ0n) is 27.4. The molecule has 0 amide bonds. The van der Waals surface area contributed by atoms with E-state index >= 15 is 0 Å². The molecule has 4 heterocycles. The molecule has 0 radical (unpaired) electrons. The van der Waals surface area contributed by atoms with Gasteiger partial charge in [-0.15, -0.1) is 0 Å². The molecule has 0 N–H and O–H groups in total. The van der Waals surface area contributed by atoms with Gasteiger partial charge in [0, 0.05) is 45.8 Å². The topological polar surface area (TPSA) is 117 Å². The first kappa shape index (κ1) is 29.5. The SMILES string of the molecule is c1ccc(-c2nc3ccc(-c4nc(-c5ccc(-c6cncnc6)cc5)nc(-c5ccc6nc(-c7ccc8ccccc8c7)oc6c5)n4)cc3o2)cc1. The van der Waals surface area contributed by atoms with Crippen LogP contribution in [-0.2, 0) is 0 Å². The summed E-state index contributed by atoms with van der Waals surface area (Å²) in [6, 6.07) is 43.9. The summed E-state index contributed by atoms with van der Waals surface area (Å²) in [6.45, 7) is 0. The second kappa shape index (κ2) is 12.2. The van der Waals surface area contributed by atoms with Gasteiger partial charge in [-0.3, -0.25) is 0 Å². The number of oxazole rings is 2. The molecule has 0 aliphatic rings. The maximum atomic E-state index is 6.33. The summed E-state index contributed by atoms with van der Waals surface area (Å²) in [5.74, 6) is 2.61. The van der Waals surface area contributed by atoms with Crippen LogP contribution >= 0.6 is 0 Å². The summed E-state index contributed by atoms with van der Waals surface area (Å²) in [5.41, 5.74) is 8.85. The van der Waals surface area contributed by atoms with E-state index in [1.807, 2.05) is 109 Å². The summed E-state index contributed by atoms with van der Waals surface area (Å²) in [7, 11) is 0. The first-order valence-electron chi connectivity index (χ1n) is 16.7. The highest BCUT2D eigenvalue weighted by molar-refractivity contribution is 5.88. The van der Waals surface area contributed by atoms with Crippen molar-refractivity contribution in [3.8, 4) is 68.2 Å². The second-order valence-corrected chi connectivity index (χ2v) is 12.3. The summed E-state index contributed by atoms with van der Waals surface area (Å²) >= 11 is 0. The first-order chi connectivity index (χ1) is 25.7. The third-order valence-corrected chi connectivity index (χ3v) is 8.98. The maximum Gasteiger partial charge on any atom is 0.227 e. The van der Waals surface area contributed by atoms with E-state index in [1.165, 1.54) is 6.33 Å². The van der Waals surface area contributed by atoms with Crippen molar-refractivity contribution in [3.05, 3.63) is 152 Å². The highest BCUT2D eigenvalue weighted by atomic mass is 16.4. The lowest BCUT2D eigenvalue weighted by Crippen LogP contribution is -2.00.